The molecule has 0 spiro atoms. The number of unbranched alkanes of at least 4 members (excludes halogenated alkanes) is 1. The first kappa shape index (κ1) is 18.2. The number of rotatable bonds is 5. The van der Waals surface area contributed by atoms with Gasteiger partial charge in [0.2, 0.25) is 11.6 Å². The van der Waals surface area contributed by atoms with E-state index in [9.17, 15) is 19.5 Å². The molecule has 1 N–H and O–H groups in total. The Labute approximate surface area is 163 Å². The number of para-hydroxylation sites is 1. The number of carbonyl (C=O) groups is 3. The molecule has 6 heteroatoms. The van der Waals surface area contributed by atoms with Gasteiger partial charge in [0.25, 0.3) is 5.91 Å². The number of carboxylic acids is 1. The fraction of sp³-hybridized carbons (Fsp3) is 0.318. The lowest BCUT2D eigenvalue weighted by atomic mass is 9.95. The molecule has 1 saturated heterocycles. The number of hydrogen-bond donors (Lipinski definition) is 1. The van der Waals surface area contributed by atoms with Gasteiger partial charge in [0.05, 0.1) is 11.3 Å². The maximum atomic E-state index is 13.4. The third-order valence-corrected chi connectivity index (χ3v) is 5.61. The topological polar surface area (TPSA) is 77.9 Å². The molecule has 2 aliphatic rings. The van der Waals surface area contributed by atoms with Crippen LogP contribution in [0.25, 0.3) is 0 Å². The van der Waals surface area contributed by atoms with Crippen LogP contribution < -0.4 is 9.80 Å². The summed E-state index contributed by atoms with van der Waals surface area (Å²) in [6, 6.07) is 14.1. The minimum Gasteiger partial charge on any atom is -0.478 e. The fourth-order valence-corrected chi connectivity index (χ4v) is 4.22. The van der Waals surface area contributed by atoms with Gasteiger partial charge in [-0.3, -0.25) is 19.4 Å². The van der Waals surface area contributed by atoms with Crippen LogP contribution >= 0.6 is 0 Å². The molecule has 0 radical (unpaired) electrons. The van der Waals surface area contributed by atoms with E-state index in [-0.39, 0.29) is 18.7 Å². The van der Waals surface area contributed by atoms with Crippen LogP contribution in [0.15, 0.2) is 48.5 Å². The summed E-state index contributed by atoms with van der Waals surface area (Å²) in [6.07, 6.45) is 3.22. The molecule has 144 valence electrons. The van der Waals surface area contributed by atoms with Crippen molar-refractivity contribution in [1.29, 1.82) is 0 Å². The monoisotopic (exact) mass is 378 g/mol. The molecule has 4 rings (SSSR count). The number of nitrogens with zero attached hydrogens (tertiary/aromatic N) is 2. The number of carboxylic acid groups (broad SMARTS) is 1. The number of carbonyl (C=O) groups excluding carboxylic acids is 2. The Bertz CT molecular complexity index is 953. The molecule has 0 bridgehead atoms. The average Bonchev–Trinajstić information content (AvgIpc) is 3.06. The van der Waals surface area contributed by atoms with Crippen LogP contribution in [-0.4, -0.2) is 28.6 Å². The first-order valence-corrected chi connectivity index (χ1v) is 9.59. The van der Waals surface area contributed by atoms with E-state index in [2.05, 4.69) is 6.92 Å². The smallest absolute Gasteiger partial charge is 0.351 e. The highest BCUT2D eigenvalue weighted by atomic mass is 16.4. The quantitative estimate of drug-likeness (QED) is 0.862. The van der Waals surface area contributed by atoms with E-state index in [1.165, 1.54) is 9.80 Å². The van der Waals surface area contributed by atoms with Crippen LogP contribution in [0.4, 0.5) is 11.4 Å². The Hall–Kier alpha value is -3.15. The van der Waals surface area contributed by atoms with E-state index in [1.807, 2.05) is 12.1 Å². The molecule has 2 amide bonds. The second-order valence-electron chi connectivity index (χ2n) is 7.28. The predicted molar refractivity (Wildman–Crippen MR) is 105 cm³/mol. The zero-order valence-corrected chi connectivity index (χ0v) is 15.7. The molecule has 0 saturated carbocycles. The number of benzene rings is 2. The van der Waals surface area contributed by atoms with Gasteiger partial charge in [0.1, 0.15) is 0 Å². The zero-order valence-electron chi connectivity index (χ0n) is 15.7. The van der Waals surface area contributed by atoms with Crippen molar-refractivity contribution in [3.63, 3.8) is 0 Å². The highest BCUT2D eigenvalue weighted by Gasteiger charge is 2.61. The molecule has 1 fully saturated rings. The number of amides is 2. The second-order valence-corrected chi connectivity index (χ2v) is 7.28. The van der Waals surface area contributed by atoms with E-state index >= 15 is 0 Å². The van der Waals surface area contributed by atoms with Gasteiger partial charge in [0.15, 0.2) is 0 Å². The van der Waals surface area contributed by atoms with Crippen LogP contribution in [0.5, 0.6) is 0 Å². The van der Waals surface area contributed by atoms with E-state index < -0.39 is 17.5 Å². The molecule has 2 heterocycles. The van der Waals surface area contributed by atoms with Crippen LogP contribution in [0, 0.1) is 0 Å². The third kappa shape index (κ3) is 2.52. The first-order chi connectivity index (χ1) is 13.5. The van der Waals surface area contributed by atoms with Gasteiger partial charge in [-0.15, -0.1) is 0 Å². The largest absolute Gasteiger partial charge is 0.478 e. The maximum absolute atomic E-state index is 13.4. The average molecular weight is 378 g/mol. The van der Waals surface area contributed by atoms with E-state index in [1.54, 1.807) is 36.4 Å². The standard InChI is InChI=1S/C22H22N2O4/c1-2-3-6-15-9-11-16(12-10-15)23-20(26)17-7-4-5-8-18(17)24-19(25)13-14-22(23,24)21(27)28/h4-5,7-12H,2-3,6,13-14H2,1H3,(H,27,28). The molecule has 6 nitrogen and oxygen atoms in total. The van der Waals surface area contributed by atoms with Gasteiger partial charge in [-0.1, -0.05) is 37.6 Å². The normalized spacial score (nSPS) is 20.9. The van der Waals surface area contributed by atoms with E-state index in [0.29, 0.717) is 16.9 Å². The third-order valence-electron chi connectivity index (χ3n) is 5.61. The van der Waals surface area contributed by atoms with Gasteiger partial charge in [-0.05, 0) is 42.7 Å². The lowest BCUT2D eigenvalue weighted by Crippen LogP contribution is -2.68. The summed E-state index contributed by atoms with van der Waals surface area (Å²) >= 11 is 0. The minimum absolute atomic E-state index is 0.0544. The number of aliphatic carboxylic acids is 1. The summed E-state index contributed by atoms with van der Waals surface area (Å²) in [5.74, 6) is -1.88. The highest BCUT2D eigenvalue weighted by Crippen LogP contribution is 2.46. The van der Waals surface area contributed by atoms with Gasteiger partial charge in [0, 0.05) is 18.5 Å². The lowest BCUT2D eigenvalue weighted by molar-refractivity contribution is -0.143. The second kappa shape index (κ2) is 6.78. The van der Waals surface area contributed by atoms with Crippen molar-refractivity contribution >= 4 is 29.2 Å². The Morgan fingerprint density at radius 3 is 2.46 bits per heavy atom. The van der Waals surface area contributed by atoms with E-state index in [4.69, 9.17) is 0 Å². The molecule has 2 aromatic carbocycles. The van der Waals surface area contributed by atoms with Crippen molar-refractivity contribution in [1.82, 2.24) is 0 Å². The van der Waals surface area contributed by atoms with Gasteiger partial charge >= 0.3 is 5.97 Å². The van der Waals surface area contributed by atoms with Crippen molar-refractivity contribution in [2.45, 2.75) is 44.7 Å². The van der Waals surface area contributed by atoms with Crippen molar-refractivity contribution in [2.75, 3.05) is 9.80 Å². The van der Waals surface area contributed by atoms with Crippen LogP contribution in [0.2, 0.25) is 0 Å². The summed E-state index contributed by atoms with van der Waals surface area (Å²) < 4.78 is 0. The van der Waals surface area contributed by atoms with Gasteiger partial charge in [-0.2, -0.15) is 0 Å². The number of fused-ring (bicyclic) bond motifs is 3. The molecule has 2 aromatic rings. The Kier molecular flexibility index (Phi) is 4.41. The lowest BCUT2D eigenvalue weighted by Gasteiger charge is -2.47. The van der Waals surface area contributed by atoms with Crippen molar-refractivity contribution < 1.29 is 19.5 Å². The van der Waals surface area contributed by atoms with Crippen LogP contribution in [0.3, 0.4) is 0 Å². The summed E-state index contributed by atoms with van der Waals surface area (Å²) in [6.45, 7) is 2.13. The highest BCUT2D eigenvalue weighted by molar-refractivity contribution is 6.22. The van der Waals surface area contributed by atoms with Crippen molar-refractivity contribution in [3.05, 3.63) is 59.7 Å². The zero-order chi connectivity index (χ0) is 19.9. The summed E-state index contributed by atoms with van der Waals surface area (Å²) in [5.41, 5.74) is 0.604. The Morgan fingerprint density at radius 1 is 1.07 bits per heavy atom. The Balaban J connectivity index is 1.87. The molecule has 0 aromatic heterocycles. The van der Waals surface area contributed by atoms with Gasteiger partial charge in [-0.25, -0.2) is 4.79 Å². The van der Waals surface area contributed by atoms with Crippen molar-refractivity contribution in [3.8, 4) is 0 Å². The molecular weight excluding hydrogens is 356 g/mol. The summed E-state index contributed by atoms with van der Waals surface area (Å²) in [7, 11) is 0. The fourth-order valence-electron chi connectivity index (χ4n) is 4.22. The molecular formula is C22H22N2O4. The maximum Gasteiger partial charge on any atom is 0.351 e. The summed E-state index contributed by atoms with van der Waals surface area (Å²) in [5, 5.41) is 10.2. The molecule has 28 heavy (non-hydrogen) atoms. The number of anilines is 2. The number of aryl methyl sites for hydroxylation is 1. The van der Waals surface area contributed by atoms with Crippen LogP contribution in [-0.2, 0) is 16.0 Å². The van der Waals surface area contributed by atoms with Crippen molar-refractivity contribution in [2.24, 2.45) is 0 Å². The predicted octanol–water partition coefficient (Wildman–Crippen LogP) is 3.60. The molecule has 2 aliphatic heterocycles. The van der Waals surface area contributed by atoms with Gasteiger partial charge < -0.3 is 5.11 Å². The SMILES string of the molecule is CCCCc1ccc(N2C(=O)c3ccccc3N3C(=O)CCC23C(=O)O)cc1. The molecule has 0 aliphatic carbocycles. The Morgan fingerprint density at radius 2 is 1.79 bits per heavy atom. The summed E-state index contributed by atoms with van der Waals surface area (Å²) in [4.78, 5) is 41.1. The first-order valence-electron chi connectivity index (χ1n) is 9.59. The number of hydrogen-bond acceptors (Lipinski definition) is 3. The molecule has 1 atom stereocenters. The van der Waals surface area contributed by atoms with Crippen LogP contribution in [0.1, 0.15) is 48.5 Å². The van der Waals surface area contributed by atoms with E-state index in [0.717, 1.165) is 24.8 Å². The molecule has 1 unspecified atom stereocenters. The minimum atomic E-state index is -1.73.